The average molecular weight is 245 g/mol. The van der Waals surface area contributed by atoms with Gasteiger partial charge in [-0.3, -0.25) is 4.90 Å². The molecule has 1 atom stereocenters. The van der Waals surface area contributed by atoms with E-state index in [-0.39, 0.29) is 6.23 Å². The van der Waals surface area contributed by atoms with Crippen molar-refractivity contribution in [1.82, 2.24) is 4.90 Å². The molecule has 1 heterocycles. The highest BCUT2D eigenvalue weighted by Gasteiger charge is 2.18. The van der Waals surface area contributed by atoms with Crippen LogP contribution in [0, 0.1) is 5.92 Å². The summed E-state index contributed by atoms with van der Waals surface area (Å²) in [5.41, 5.74) is 0. The smallest absolute Gasteiger partial charge is 0.107 e. The Bertz CT molecular complexity index is 175. The van der Waals surface area contributed by atoms with Crippen molar-refractivity contribution >= 4 is 11.8 Å². The van der Waals surface area contributed by atoms with E-state index in [9.17, 15) is 5.11 Å². The van der Waals surface area contributed by atoms with Crippen LogP contribution in [-0.2, 0) is 0 Å². The van der Waals surface area contributed by atoms with Crippen LogP contribution in [0.2, 0.25) is 0 Å². The first kappa shape index (κ1) is 14.3. The monoisotopic (exact) mass is 245 g/mol. The molecule has 0 amide bonds. The Hall–Kier alpha value is 0.270. The zero-order valence-electron chi connectivity index (χ0n) is 10.8. The van der Waals surface area contributed by atoms with Gasteiger partial charge in [-0.25, -0.2) is 0 Å². The molecule has 1 fully saturated rings. The van der Waals surface area contributed by atoms with E-state index in [1.807, 2.05) is 0 Å². The molecule has 1 rings (SSSR count). The van der Waals surface area contributed by atoms with Crippen molar-refractivity contribution in [3.8, 4) is 0 Å². The van der Waals surface area contributed by atoms with Gasteiger partial charge in [0.2, 0.25) is 0 Å². The zero-order valence-corrected chi connectivity index (χ0v) is 11.6. The van der Waals surface area contributed by atoms with Gasteiger partial charge in [0, 0.05) is 13.1 Å². The molecule has 0 aromatic heterocycles. The summed E-state index contributed by atoms with van der Waals surface area (Å²) in [4.78, 5) is 2.24. The predicted molar refractivity (Wildman–Crippen MR) is 72.8 cm³/mol. The topological polar surface area (TPSA) is 23.5 Å². The van der Waals surface area contributed by atoms with E-state index in [0.717, 1.165) is 25.4 Å². The van der Waals surface area contributed by atoms with E-state index in [4.69, 9.17) is 0 Å². The molecule has 1 saturated heterocycles. The number of nitrogens with zero attached hydrogens (tertiary/aromatic N) is 1. The van der Waals surface area contributed by atoms with Crippen molar-refractivity contribution in [3.63, 3.8) is 0 Å². The molecule has 1 unspecified atom stereocenters. The van der Waals surface area contributed by atoms with Crippen LogP contribution < -0.4 is 0 Å². The van der Waals surface area contributed by atoms with Crippen molar-refractivity contribution in [2.45, 2.75) is 52.2 Å². The van der Waals surface area contributed by atoms with Gasteiger partial charge < -0.3 is 5.11 Å². The van der Waals surface area contributed by atoms with E-state index in [1.165, 1.54) is 37.2 Å². The first-order valence-corrected chi connectivity index (χ1v) is 7.85. The molecule has 1 N–H and O–H groups in total. The van der Waals surface area contributed by atoms with Crippen LogP contribution in [0.5, 0.6) is 0 Å². The van der Waals surface area contributed by atoms with E-state index in [2.05, 4.69) is 30.5 Å². The number of hydrogen-bond donors (Lipinski definition) is 1. The molecule has 3 heteroatoms. The molecule has 96 valence electrons. The highest BCUT2D eigenvalue weighted by molar-refractivity contribution is 7.99. The fourth-order valence-corrected chi connectivity index (χ4v) is 3.20. The predicted octanol–water partition coefficient (Wildman–Crippen LogP) is 2.96. The van der Waals surface area contributed by atoms with E-state index >= 15 is 0 Å². The summed E-state index contributed by atoms with van der Waals surface area (Å²) in [6.07, 6.45) is 5.82. The van der Waals surface area contributed by atoms with Gasteiger partial charge in [0.25, 0.3) is 0 Å². The maximum atomic E-state index is 9.76. The highest BCUT2D eigenvalue weighted by Crippen LogP contribution is 2.16. The Morgan fingerprint density at radius 1 is 1.31 bits per heavy atom. The first-order valence-electron chi connectivity index (χ1n) is 6.70. The molecular formula is C13H27NOS. The number of aliphatic hydroxyl groups excluding tert-OH is 1. The van der Waals surface area contributed by atoms with Crippen LogP contribution in [0.3, 0.4) is 0 Å². The molecular weight excluding hydrogens is 218 g/mol. The molecule has 0 saturated carbocycles. The summed E-state index contributed by atoms with van der Waals surface area (Å²) in [5, 5.41) is 9.76. The maximum Gasteiger partial charge on any atom is 0.107 e. The SMILES string of the molecule is CC(C)CCSCCCN1CCCCC1O. The van der Waals surface area contributed by atoms with Gasteiger partial charge in [-0.05, 0) is 49.5 Å². The second-order valence-corrected chi connectivity index (χ2v) is 6.39. The number of rotatable bonds is 7. The quantitative estimate of drug-likeness (QED) is 0.698. The van der Waals surface area contributed by atoms with Gasteiger partial charge in [0.15, 0.2) is 0 Å². The average Bonchev–Trinajstić information content (AvgIpc) is 2.25. The van der Waals surface area contributed by atoms with Crippen molar-refractivity contribution in [1.29, 1.82) is 0 Å². The Labute approximate surface area is 105 Å². The Morgan fingerprint density at radius 3 is 2.81 bits per heavy atom. The molecule has 16 heavy (non-hydrogen) atoms. The lowest BCUT2D eigenvalue weighted by Gasteiger charge is -2.31. The lowest BCUT2D eigenvalue weighted by atomic mass is 10.1. The molecule has 1 aliphatic heterocycles. The number of thioether (sulfide) groups is 1. The van der Waals surface area contributed by atoms with Gasteiger partial charge >= 0.3 is 0 Å². The van der Waals surface area contributed by atoms with Crippen LogP contribution in [0.1, 0.15) is 46.0 Å². The Balaban J connectivity index is 1.94. The first-order chi connectivity index (χ1) is 7.70. The summed E-state index contributed by atoms with van der Waals surface area (Å²) >= 11 is 2.06. The number of aliphatic hydroxyl groups is 1. The largest absolute Gasteiger partial charge is 0.378 e. The third-order valence-electron chi connectivity index (χ3n) is 3.15. The molecule has 0 aliphatic carbocycles. The third kappa shape index (κ3) is 6.12. The van der Waals surface area contributed by atoms with Crippen LogP contribution >= 0.6 is 11.8 Å². The van der Waals surface area contributed by atoms with Gasteiger partial charge in [0.1, 0.15) is 6.23 Å². The molecule has 0 aromatic rings. The molecule has 0 bridgehead atoms. The van der Waals surface area contributed by atoms with Gasteiger partial charge in [-0.1, -0.05) is 13.8 Å². The van der Waals surface area contributed by atoms with Crippen LogP contribution in [-0.4, -0.2) is 40.8 Å². The van der Waals surface area contributed by atoms with Crippen molar-refractivity contribution in [2.24, 2.45) is 5.92 Å². The summed E-state index contributed by atoms with van der Waals surface area (Å²) in [6.45, 7) is 6.74. The minimum atomic E-state index is -0.158. The second-order valence-electron chi connectivity index (χ2n) is 5.16. The Kier molecular flexibility index (Phi) is 7.50. The molecule has 2 nitrogen and oxygen atoms in total. The summed E-state index contributed by atoms with van der Waals surface area (Å²) < 4.78 is 0. The molecule has 0 radical (unpaired) electrons. The van der Waals surface area contributed by atoms with E-state index in [0.29, 0.717) is 0 Å². The van der Waals surface area contributed by atoms with Crippen molar-refractivity contribution in [2.75, 3.05) is 24.6 Å². The van der Waals surface area contributed by atoms with Crippen molar-refractivity contribution < 1.29 is 5.11 Å². The second kappa shape index (κ2) is 8.37. The van der Waals surface area contributed by atoms with E-state index < -0.39 is 0 Å². The van der Waals surface area contributed by atoms with Gasteiger partial charge in [0.05, 0.1) is 0 Å². The van der Waals surface area contributed by atoms with Gasteiger partial charge in [-0.15, -0.1) is 0 Å². The fraction of sp³-hybridized carbons (Fsp3) is 1.00. The molecule has 0 aromatic carbocycles. The van der Waals surface area contributed by atoms with Crippen molar-refractivity contribution in [3.05, 3.63) is 0 Å². The number of hydrogen-bond acceptors (Lipinski definition) is 3. The minimum Gasteiger partial charge on any atom is -0.378 e. The lowest BCUT2D eigenvalue weighted by molar-refractivity contribution is -0.0231. The summed E-state index contributed by atoms with van der Waals surface area (Å²) in [7, 11) is 0. The normalized spacial score (nSPS) is 22.9. The molecule has 0 spiro atoms. The van der Waals surface area contributed by atoms with Crippen LogP contribution in [0.25, 0.3) is 0 Å². The van der Waals surface area contributed by atoms with Crippen LogP contribution in [0.4, 0.5) is 0 Å². The Morgan fingerprint density at radius 2 is 2.12 bits per heavy atom. The standard InChI is InChI=1S/C13H27NOS/c1-12(2)7-11-16-10-5-9-14-8-4-3-6-13(14)15/h12-13,15H,3-11H2,1-2H3. The highest BCUT2D eigenvalue weighted by atomic mass is 32.2. The number of likely N-dealkylation sites (tertiary alicyclic amines) is 1. The third-order valence-corrected chi connectivity index (χ3v) is 4.25. The fourth-order valence-electron chi connectivity index (χ4n) is 2.03. The number of piperidine rings is 1. The maximum absolute atomic E-state index is 9.76. The minimum absolute atomic E-state index is 0.158. The lowest BCUT2D eigenvalue weighted by Crippen LogP contribution is -2.39. The zero-order chi connectivity index (χ0) is 11.8. The van der Waals surface area contributed by atoms with Crippen LogP contribution in [0.15, 0.2) is 0 Å². The molecule has 1 aliphatic rings. The summed E-state index contributed by atoms with van der Waals surface area (Å²) in [6, 6.07) is 0. The van der Waals surface area contributed by atoms with E-state index in [1.54, 1.807) is 0 Å². The summed E-state index contributed by atoms with van der Waals surface area (Å²) in [5.74, 6) is 3.37. The van der Waals surface area contributed by atoms with Gasteiger partial charge in [-0.2, -0.15) is 11.8 Å².